The van der Waals surface area contributed by atoms with Gasteiger partial charge in [0.2, 0.25) is 10.0 Å². The third-order valence-electron chi connectivity index (χ3n) is 2.78. The first-order chi connectivity index (χ1) is 8.54. The van der Waals surface area contributed by atoms with E-state index in [1.54, 1.807) is 6.07 Å². The predicted molar refractivity (Wildman–Crippen MR) is 68.8 cm³/mol. The largest absolute Gasteiger partial charge is 0.325 e. The number of hydrogen-bond acceptors (Lipinski definition) is 5. The van der Waals surface area contributed by atoms with E-state index in [4.69, 9.17) is 5.73 Å². The Kier molecular flexibility index (Phi) is 4.10. The topological polar surface area (TPSA) is 93.4 Å². The molecule has 2 heterocycles. The van der Waals surface area contributed by atoms with Gasteiger partial charge in [-0.3, -0.25) is 9.19 Å². The SMILES string of the molecule is NCc1ccc(S(=O)(=O)N2CCS(=O)CC2)cn1. The molecule has 18 heavy (non-hydrogen) atoms. The molecule has 2 N–H and O–H groups in total. The van der Waals surface area contributed by atoms with Crippen LogP contribution in [0, 0.1) is 0 Å². The van der Waals surface area contributed by atoms with Crippen molar-refractivity contribution < 1.29 is 12.6 Å². The zero-order valence-electron chi connectivity index (χ0n) is 9.78. The summed E-state index contributed by atoms with van der Waals surface area (Å²) in [6.07, 6.45) is 1.32. The van der Waals surface area contributed by atoms with Gasteiger partial charge in [0.25, 0.3) is 0 Å². The second kappa shape index (κ2) is 5.43. The summed E-state index contributed by atoms with van der Waals surface area (Å²) in [5.41, 5.74) is 6.06. The Hall–Kier alpha value is -0.830. The van der Waals surface area contributed by atoms with Gasteiger partial charge < -0.3 is 5.73 Å². The lowest BCUT2D eigenvalue weighted by Crippen LogP contribution is -2.41. The van der Waals surface area contributed by atoms with Gasteiger partial charge in [0, 0.05) is 48.1 Å². The van der Waals surface area contributed by atoms with Crippen molar-refractivity contribution in [3.8, 4) is 0 Å². The molecule has 8 heteroatoms. The fraction of sp³-hybridized carbons (Fsp3) is 0.500. The van der Waals surface area contributed by atoms with Crippen molar-refractivity contribution in [3.63, 3.8) is 0 Å². The van der Waals surface area contributed by atoms with Crippen LogP contribution in [0.15, 0.2) is 23.2 Å². The van der Waals surface area contributed by atoms with Crippen LogP contribution in [0.4, 0.5) is 0 Å². The molecule has 0 spiro atoms. The Morgan fingerprint density at radius 1 is 1.33 bits per heavy atom. The van der Waals surface area contributed by atoms with Gasteiger partial charge in [0.05, 0.1) is 5.69 Å². The van der Waals surface area contributed by atoms with Gasteiger partial charge >= 0.3 is 0 Å². The Bertz CT molecular complexity index is 532. The van der Waals surface area contributed by atoms with Crippen LogP contribution in [0.5, 0.6) is 0 Å². The Labute approximate surface area is 109 Å². The molecule has 0 saturated carbocycles. The van der Waals surface area contributed by atoms with Gasteiger partial charge in [-0.15, -0.1) is 0 Å². The summed E-state index contributed by atoms with van der Waals surface area (Å²) in [6, 6.07) is 3.12. The quantitative estimate of drug-likeness (QED) is 0.793. The summed E-state index contributed by atoms with van der Waals surface area (Å²) < 4.78 is 37.1. The summed E-state index contributed by atoms with van der Waals surface area (Å²) >= 11 is 0. The van der Waals surface area contributed by atoms with Gasteiger partial charge in [0.1, 0.15) is 4.90 Å². The highest BCUT2D eigenvalue weighted by molar-refractivity contribution is 7.89. The molecule has 100 valence electrons. The molecule has 1 aliphatic rings. The van der Waals surface area contributed by atoms with Crippen LogP contribution in [0.3, 0.4) is 0 Å². The molecule has 0 aliphatic carbocycles. The van der Waals surface area contributed by atoms with Crippen molar-refractivity contribution in [2.75, 3.05) is 24.6 Å². The number of pyridine rings is 1. The molecule has 0 amide bonds. The first kappa shape index (κ1) is 13.6. The Balaban J connectivity index is 2.21. The van der Waals surface area contributed by atoms with Crippen LogP contribution in [0.2, 0.25) is 0 Å². The summed E-state index contributed by atoms with van der Waals surface area (Å²) in [5.74, 6) is 0.793. The molecule has 0 radical (unpaired) electrons. The van der Waals surface area contributed by atoms with Crippen LogP contribution in [0.25, 0.3) is 0 Å². The third kappa shape index (κ3) is 2.77. The number of rotatable bonds is 3. The van der Waals surface area contributed by atoms with Crippen molar-refractivity contribution in [2.24, 2.45) is 5.73 Å². The molecular weight excluding hydrogens is 274 g/mol. The number of sulfonamides is 1. The van der Waals surface area contributed by atoms with Crippen molar-refractivity contribution in [1.29, 1.82) is 0 Å². The summed E-state index contributed by atoms with van der Waals surface area (Å²) in [6.45, 7) is 0.879. The lowest BCUT2D eigenvalue weighted by molar-refractivity contribution is 0.438. The first-order valence-electron chi connectivity index (χ1n) is 5.54. The minimum atomic E-state index is -3.51. The van der Waals surface area contributed by atoms with Crippen molar-refractivity contribution in [3.05, 3.63) is 24.0 Å². The van der Waals surface area contributed by atoms with Crippen molar-refractivity contribution in [1.82, 2.24) is 9.29 Å². The minimum Gasteiger partial charge on any atom is -0.325 e. The van der Waals surface area contributed by atoms with Crippen molar-refractivity contribution in [2.45, 2.75) is 11.4 Å². The summed E-state index contributed by atoms with van der Waals surface area (Å²) in [5, 5.41) is 0. The second-order valence-electron chi connectivity index (χ2n) is 3.94. The number of aromatic nitrogens is 1. The predicted octanol–water partition coefficient (Wildman–Crippen LogP) is -0.707. The lowest BCUT2D eigenvalue weighted by Gasteiger charge is -2.25. The molecule has 1 fully saturated rings. The fourth-order valence-corrected chi connectivity index (χ4v) is 4.37. The zero-order chi connectivity index (χ0) is 13.2. The molecule has 1 saturated heterocycles. The van der Waals surface area contributed by atoms with Crippen molar-refractivity contribution >= 4 is 20.8 Å². The maximum atomic E-state index is 12.2. The summed E-state index contributed by atoms with van der Waals surface area (Å²) in [4.78, 5) is 4.14. The number of hydrogen-bond donors (Lipinski definition) is 1. The third-order valence-corrected chi connectivity index (χ3v) is 5.94. The van der Waals surface area contributed by atoms with E-state index in [2.05, 4.69) is 4.98 Å². The Morgan fingerprint density at radius 2 is 2.00 bits per heavy atom. The first-order valence-corrected chi connectivity index (χ1v) is 8.47. The second-order valence-corrected chi connectivity index (χ2v) is 7.58. The smallest absolute Gasteiger partial charge is 0.244 e. The van der Waals surface area contributed by atoms with Gasteiger partial charge in [-0.1, -0.05) is 0 Å². The van der Waals surface area contributed by atoms with Crippen LogP contribution >= 0.6 is 0 Å². The minimum absolute atomic E-state index is 0.160. The zero-order valence-corrected chi connectivity index (χ0v) is 11.4. The average Bonchev–Trinajstić information content (AvgIpc) is 2.39. The van der Waals surface area contributed by atoms with Gasteiger partial charge in [-0.2, -0.15) is 4.31 Å². The molecule has 0 bridgehead atoms. The van der Waals surface area contributed by atoms with Crippen LogP contribution < -0.4 is 5.73 Å². The maximum absolute atomic E-state index is 12.2. The fourth-order valence-electron chi connectivity index (χ4n) is 1.69. The van der Waals surface area contributed by atoms with E-state index in [-0.39, 0.29) is 11.4 Å². The standard InChI is InChI=1S/C10H15N3O3S2/c11-7-9-1-2-10(8-12-9)18(15,16)13-3-5-17(14)6-4-13/h1-2,8H,3-7,11H2. The Morgan fingerprint density at radius 3 is 2.50 bits per heavy atom. The molecule has 1 aromatic heterocycles. The average molecular weight is 289 g/mol. The van der Waals surface area contributed by atoms with E-state index >= 15 is 0 Å². The normalized spacial score (nSPS) is 18.9. The highest BCUT2D eigenvalue weighted by Gasteiger charge is 2.28. The molecule has 1 aromatic rings. The number of nitrogens with two attached hydrogens (primary N) is 1. The molecule has 0 unspecified atom stereocenters. The monoisotopic (exact) mass is 289 g/mol. The molecule has 1 aliphatic heterocycles. The number of nitrogens with zero attached hydrogens (tertiary/aromatic N) is 2. The van der Waals surface area contributed by atoms with Crippen LogP contribution in [-0.4, -0.2) is 46.5 Å². The van der Waals surface area contributed by atoms with Gasteiger partial charge in [-0.05, 0) is 12.1 Å². The molecule has 0 atom stereocenters. The highest BCUT2D eigenvalue weighted by atomic mass is 32.2. The highest BCUT2D eigenvalue weighted by Crippen LogP contribution is 2.16. The van der Waals surface area contributed by atoms with E-state index in [1.807, 2.05) is 0 Å². The molecule has 0 aromatic carbocycles. The molecular formula is C10H15N3O3S2. The van der Waals surface area contributed by atoms with E-state index in [1.165, 1.54) is 16.6 Å². The van der Waals surface area contributed by atoms with Crippen LogP contribution in [-0.2, 0) is 27.4 Å². The van der Waals surface area contributed by atoms with E-state index in [0.717, 1.165) is 0 Å². The van der Waals surface area contributed by atoms with Gasteiger partial charge in [-0.25, -0.2) is 8.42 Å². The summed E-state index contributed by atoms with van der Waals surface area (Å²) in [7, 11) is -4.41. The van der Waals surface area contributed by atoms with E-state index in [9.17, 15) is 12.6 Å². The maximum Gasteiger partial charge on any atom is 0.244 e. The van der Waals surface area contributed by atoms with E-state index in [0.29, 0.717) is 30.3 Å². The molecule has 2 rings (SSSR count). The van der Waals surface area contributed by atoms with E-state index < -0.39 is 20.8 Å². The molecule has 6 nitrogen and oxygen atoms in total. The van der Waals surface area contributed by atoms with Gasteiger partial charge in [0.15, 0.2) is 0 Å². The lowest BCUT2D eigenvalue weighted by atomic mass is 10.4. The van der Waals surface area contributed by atoms with Crippen LogP contribution in [0.1, 0.15) is 5.69 Å².